The number of alkyl halides is 3. The summed E-state index contributed by atoms with van der Waals surface area (Å²) in [6.45, 7) is 0.279. The second-order valence-electron chi connectivity index (χ2n) is 6.38. The Morgan fingerprint density at radius 2 is 1.89 bits per heavy atom. The fraction of sp³-hybridized carbons (Fsp3) is 0.263. The number of aromatic nitrogens is 1. The predicted octanol–water partition coefficient (Wildman–Crippen LogP) is 4.05. The molecule has 0 bridgehead atoms. The van der Waals surface area contributed by atoms with Gasteiger partial charge in [0, 0.05) is 6.42 Å². The van der Waals surface area contributed by atoms with Gasteiger partial charge in [-0.1, -0.05) is 18.2 Å². The van der Waals surface area contributed by atoms with Gasteiger partial charge in [-0.3, -0.25) is 4.79 Å². The quantitative estimate of drug-likeness (QED) is 0.709. The Labute approximate surface area is 157 Å². The fourth-order valence-electron chi connectivity index (χ4n) is 3.03. The Kier molecular flexibility index (Phi) is 4.58. The molecule has 28 heavy (non-hydrogen) atoms. The minimum Gasteiger partial charge on any atom is -0.473 e. The normalized spacial score (nSPS) is 17.0. The molecule has 4 rings (SSSR count). The van der Waals surface area contributed by atoms with Crippen molar-refractivity contribution < 1.29 is 32.0 Å². The van der Waals surface area contributed by atoms with Crippen LogP contribution in [0, 0.1) is 0 Å². The van der Waals surface area contributed by atoms with Crippen LogP contribution in [0.5, 0.6) is 11.6 Å². The van der Waals surface area contributed by atoms with Crippen molar-refractivity contribution >= 4 is 16.9 Å². The van der Waals surface area contributed by atoms with Crippen LogP contribution in [0.25, 0.3) is 22.1 Å². The zero-order chi connectivity index (χ0) is 19.7. The van der Waals surface area contributed by atoms with Crippen molar-refractivity contribution in [2.45, 2.75) is 25.2 Å². The van der Waals surface area contributed by atoms with E-state index in [1.54, 1.807) is 18.2 Å². The predicted molar refractivity (Wildman–Crippen MR) is 92.8 cm³/mol. The molecule has 9 heteroatoms. The smallest absolute Gasteiger partial charge is 0.473 e. The summed E-state index contributed by atoms with van der Waals surface area (Å²) < 4.78 is 51.7. The van der Waals surface area contributed by atoms with Gasteiger partial charge in [0.25, 0.3) is 5.88 Å². The van der Waals surface area contributed by atoms with Gasteiger partial charge in [0.15, 0.2) is 5.58 Å². The first-order valence-electron chi connectivity index (χ1n) is 8.55. The molecule has 1 aromatic heterocycles. The third kappa shape index (κ3) is 4.03. The van der Waals surface area contributed by atoms with E-state index < -0.39 is 6.36 Å². The zero-order valence-corrected chi connectivity index (χ0v) is 14.5. The van der Waals surface area contributed by atoms with Gasteiger partial charge in [0.05, 0.1) is 11.4 Å². The number of rotatable bonds is 5. The lowest BCUT2D eigenvalue weighted by atomic mass is 10.0. The van der Waals surface area contributed by atoms with Crippen LogP contribution in [-0.2, 0) is 4.79 Å². The van der Waals surface area contributed by atoms with Gasteiger partial charge in [-0.15, -0.1) is 13.2 Å². The Balaban J connectivity index is 1.53. The average Bonchev–Trinajstić information content (AvgIpc) is 3.24. The molecule has 2 heterocycles. The molecule has 2 aromatic carbocycles. The number of nitrogens with one attached hydrogen (secondary N) is 1. The molecule has 6 nitrogen and oxygen atoms in total. The summed E-state index contributed by atoms with van der Waals surface area (Å²) in [6, 6.07) is 10.8. The Hall–Kier alpha value is -3.23. The first-order chi connectivity index (χ1) is 13.4. The van der Waals surface area contributed by atoms with E-state index in [0.29, 0.717) is 35.3 Å². The summed E-state index contributed by atoms with van der Waals surface area (Å²) in [5.74, 6) is 0.0128. The number of carbonyl (C=O) groups is 1. The number of carbonyl (C=O) groups excluding carboxylic acids is 1. The summed E-state index contributed by atoms with van der Waals surface area (Å²) in [5.41, 5.74) is 1.98. The van der Waals surface area contributed by atoms with E-state index in [-0.39, 0.29) is 24.3 Å². The molecule has 1 aliphatic rings. The van der Waals surface area contributed by atoms with Gasteiger partial charge in [-0.25, -0.2) is 0 Å². The van der Waals surface area contributed by atoms with Gasteiger partial charge in [-0.2, -0.15) is 0 Å². The highest BCUT2D eigenvalue weighted by molar-refractivity contribution is 5.87. The van der Waals surface area contributed by atoms with E-state index in [4.69, 9.17) is 9.26 Å². The molecule has 1 saturated heterocycles. The average molecular weight is 392 g/mol. The number of hydrogen-bond donors (Lipinski definition) is 1. The van der Waals surface area contributed by atoms with Crippen LogP contribution < -0.4 is 14.8 Å². The van der Waals surface area contributed by atoms with E-state index >= 15 is 0 Å². The van der Waals surface area contributed by atoms with Crippen LogP contribution in [-0.4, -0.2) is 30.1 Å². The monoisotopic (exact) mass is 392 g/mol. The number of halogens is 3. The van der Waals surface area contributed by atoms with Crippen LogP contribution in [0.4, 0.5) is 13.2 Å². The first kappa shape index (κ1) is 18.1. The van der Waals surface area contributed by atoms with Crippen molar-refractivity contribution in [3.63, 3.8) is 0 Å². The van der Waals surface area contributed by atoms with Crippen LogP contribution in [0.3, 0.4) is 0 Å². The number of benzene rings is 2. The first-order valence-corrected chi connectivity index (χ1v) is 8.55. The minimum absolute atomic E-state index is 0.00107. The molecule has 1 fully saturated rings. The Morgan fingerprint density at radius 1 is 1.14 bits per heavy atom. The summed E-state index contributed by atoms with van der Waals surface area (Å²) >= 11 is 0. The van der Waals surface area contributed by atoms with Gasteiger partial charge < -0.3 is 19.3 Å². The molecule has 1 N–H and O–H groups in total. The molecule has 1 aliphatic heterocycles. The lowest BCUT2D eigenvalue weighted by molar-refractivity contribution is -0.274. The number of ether oxygens (including phenoxy) is 2. The molecule has 1 atom stereocenters. The molecular formula is C19H15F3N2O4. The van der Waals surface area contributed by atoms with Crippen molar-refractivity contribution in [3.05, 3.63) is 42.5 Å². The summed E-state index contributed by atoms with van der Waals surface area (Å²) in [6.07, 6.45) is -3.55. The summed E-state index contributed by atoms with van der Waals surface area (Å²) in [4.78, 5) is 11.3. The third-order valence-corrected chi connectivity index (χ3v) is 4.36. The molecule has 1 unspecified atom stereocenters. The van der Waals surface area contributed by atoms with Crippen molar-refractivity contribution in [2.75, 3.05) is 6.61 Å². The highest BCUT2D eigenvalue weighted by Gasteiger charge is 2.31. The van der Waals surface area contributed by atoms with Crippen molar-refractivity contribution in [1.29, 1.82) is 0 Å². The Bertz CT molecular complexity index is 999. The third-order valence-electron chi connectivity index (χ3n) is 4.36. The SMILES string of the molecule is O=C1CCC(COc2noc3ccc(-c4ccc(OC(F)(F)F)cc4)cc23)N1. The van der Waals surface area contributed by atoms with E-state index in [0.717, 1.165) is 5.56 Å². The lowest BCUT2D eigenvalue weighted by Gasteiger charge is -2.10. The number of amides is 1. The maximum absolute atomic E-state index is 12.3. The maximum Gasteiger partial charge on any atom is 0.573 e. The largest absolute Gasteiger partial charge is 0.573 e. The van der Waals surface area contributed by atoms with Crippen LogP contribution in [0.15, 0.2) is 47.0 Å². The second kappa shape index (κ2) is 7.06. The van der Waals surface area contributed by atoms with E-state index in [2.05, 4.69) is 15.2 Å². The second-order valence-corrected chi connectivity index (χ2v) is 6.38. The standard InChI is InChI=1S/C19H15F3N2O4/c20-19(21,22)27-14-5-1-11(2-6-14)12-3-7-16-15(9-12)18(24-28-16)26-10-13-4-8-17(25)23-13/h1-3,5-7,9,13H,4,8,10H2,(H,23,25). The molecule has 0 radical (unpaired) electrons. The van der Waals surface area contributed by atoms with E-state index in [1.807, 2.05) is 0 Å². The number of hydrogen-bond acceptors (Lipinski definition) is 5. The fourth-order valence-corrected chi connectivity index (χ4v) is 3.03. The summed E-state index contributed by atoms with van der Waals surface area (Å²) in [5, 5.41) is 7.35. The maximum atomic E-state index is 12.3. The van der Waals surface area contributed by atoms with Crippen LogP contribution in [0.2, 0.25) is 0 Å². The van der Waals surface area contributed by atoms with Gasteiger partial charge in [0.2, 0.25) is 5.91 Å². The molecule has 1 amide bonds. The molecular weight excluding hydrogens is 377 g/mol. The highest BCUT2D eigenvalue weighted by atomic mass is 19.4. The van der Waals surface area contributed by atoms with E-state index in [1.165, 1.54) is 24.3 Å². The molecule has 146 valence electrons. The molecule has 0 spiro atoms. The van der Waals surface area contributed by atoms with Gasteiger partial charge in [-0.05, 0) is 47.0 Å². The topological polar surface area (TPSA) is 73.6 Å². The van der Waals surface area contributed by atoms with Crippen molar-refractivity contribution in [1.82, 2.24) is 10.5 Å². The number of fused-ring (bicyclic) bond motifs is 1. The lowest BCUT2D eigenvalue weighted by Crippen LogP contribution is -2.30. The summed E-state index contributed by atoms with van der Waals surface area (Å²) in [7, 11) is 0. The van der Waals surface area contributed by atoms with Crippen molar-refractivity contribution in [3.8, 4) is 22.8 Å². The van der Waals surface area contributed by atoms with Gasteiger partial charge in [0.1, 0.15) is 12.4 Å². The van der Waals surface area contributed by atoms with Gasteiger partial charge >= 0.3 is 6.36 Å². The molecule has 0 saturated carbocycles. The Morgan fingerprint density at radius 3 is 2.57 bits per heavy atom. The van der Waals surface area contributed by atoms with E-state index in [9.17, 15) is 18.0 Å². The highest BCUT2D eigenvalue weighted by Crippen LogP contribution is 2.32. The van der Waals surface area contributed by atoms with Crippen LogP contribution >= 0.6 is 0 Å². The molecule has 0 aliphatic carbocycles. The zero-order valence-electron chi connectivity index (χ0n) is 14.5. The molecule has 3 aromatic rings. The van der Waals surface area contributed by atoms with Crippen LogP contribution in [0.1, 0.15) is 12.8 Å². The number of nitrogens with zero attached hydrogens (tertiary/aromatic N) is 1. The van der Waals surface area contributed by atoms with Crippen molar-refractivity contribution in [2.24, 2.45) is 0 Å². The minimum atomic E-state index is -4.73.